The van der Waals surface area contributed by atoms with Crippen molar-refractivity contribution in [2.45, 2.75) is 47.0 Å². The maximum absolute atomic E-state index is 11.5. The second kappa shape index (κ2) is 6.51. The summed E-state index contributed by atoms with van der Waals surface area (Å²) in [6.07, 6.45) is 2.30. The number of carboxylic acids is 1. The Morgan fingerprint density at radius 2 is 1.94 bits per heavy atom. The maximum Gasteiger partial charge on any atom is 0.309 e. The second-order valence-electron chi connectivity index (χ2n) is 4.92. The standard InChI is InChI=1S/C12H23NO3/c1-5-6-9(2)10(14)13-8-7-12(3,4)11(15)16/h9H,5-8H2,1-4H3,(H,13,14)(H,15,16). The fourth-order valence-electron chi connectivity index (χ4n) is 1.34. The lowest BCUT2D eigenvalue weighted by Crippen LogP contribution is -2.34. The molecule has 1 atom stereocenters. The molecule has 4 nitrogen and oxygen atoms in total. The van der Waals surface area contributed by atoms with Gasteiger partial charge in [-0.15, -0.1) is 0 Å². The molecule has 0 spiro atoms. The van der Waals surface area contributed by atoms with Gasteiger partial charge in [-0.05, 0) is 26.7 Å². The molecule has 0 radical (unpaired) electrons. The SMILES string of the molecule is CCCC(C)C(=O)NCCC(C)(C)C(=O)O. The lowest BCUT2D eigenvalue weighted by molar-refractivity contribution is -0.147. The number of hydrogen-bond acceptors (Lipinski definition) is 2. The molecule has 0 bridgehead atoms. The molecule has 0 aromatic rings. The zero-order chi connectivity index (χ0) is 12.8. The van der Waals surface area contributed by atoms with E-state index in [1.54, 1.807) is 13.8 Å². The highest BCUT2D eigenvalue weighted by molar-refractivity contribution is 5.78. The van der Waals surface area contributed by atoms with Gasteiger partial charge in [-0.2, -0.15) is 0 Å². The quantitative estimate of drug-likeness (QED) is 0.702. The molecule has 0 saturated heterocycles. The van der Waals surface area contributed by atoms with Crippen molar-refractivity contribution in [2.24, 2.45) is 11.3 Å². The van der Waals surface area contributed by atoms with Crippen LogP contribution in [0.2, 0.25) is 0 Å². The normalized spacial score (nSPS) is 13.2. The minimum Gasteiger partial charge on any atom is -0.481 e. The van der Waals surface area contributed by atoms with E-state index < -0.39 is 11.4 Å². The van der Waals surface area contributed by atoms with Gasteiger partial charge in [-0.1, -0.05) is 20.3 Å². The monoisotopic (exact) mass is 229 g/mol. The Kier molecular flexibility index (Phi) is 6.08. The fraction of sp³-hybridized carbons (Fsp3) is 0.833. The van der Waals surface area contributed by atoms with Gasteiger partial charge in [-0.3, -0.25) is 9.59 Å². The van der Waals surface area contributed by atoms with E-state index in [0.29, 0.717) is 13.0 Å². The Morgan fingerprint density at radius 1 is 1.38 bits per heavy atom. The lowest BCUT2D eigenvalue weighted by Gasteiger charge is -2.19. The molecule has 0 aromatic carbocycles. The average molecular weight is 229 g/mol. The molecule has 1 amide bonds. The van der Waals surface area contributed by atoms with Gasteiger partial charge >= 0.3 is 5.97 Å². The molecule has 16 heavy (non-hydrogen) atoms. The van der Waals surface area contributed by atoms with Crippen LogP contribution in [0, 0.1) is 11.3 Å². The van der Waals surface area contributed by atoms with E-state index in [2.05, 4.69) is 5.32 Å². The Balaban J connectivity index is 3.90. The van der Waals surface area contributed by atoms with Crippen LogP contribution in [0.3, 0.4) is 0 Å². The molecule has 0 aliphatic heterocycles. The summed E-state index contributed by atoms with van der Waals surface area (Å²) >= 11 is 0. The number of aliphatic carboxylic acids is 1. The van der Waals surface area contributed by atoms with Crippen LogP contribution in [0.25, 0.3) is 0 Å². The van der Waals surface area contributed by atoms with Gasteiger partial charge in [-0.25, -0.2) is 0 Å². The summed E-state index contributed by atoms with van der Waals surface area (Å²) < 4.78 is 0. The molecule has 0 aliphatic carbocycles. The lowest BCUT2D eigenvalue weighted by atomic mass is 9.89. The Morgan fingerprint density at radius 3 is 2.38 bits per heavy atom. The number of hydrogen-bond donors (Lipinski definition) is 2. The zero-order valence-electron chi connectivity index (χ0n) is 10.7. The number of carbonyl (C=O) groups is 2. The molecule has 1 unspecified atom stereocenters. The first-order valence-corrected chi connectivity index (χ1v) is 5.82. The number of carboxylic acid groups (broad SMARTS) is 1. The van der Waals surface area contributed by atoms with Crippen LogP contribution in [-0.4, -0.2) is 23.5 Å². The zero-order valence-corrected chi connectivity index (χ0v) is 10.7. The van der Waals surface area contributed by atoms with E-state index >= 15 is 0 Å². The summed E-state index contributed by atoms with van der Waals surface area (Å²) in [4.78, 5) is 22.4. The molecule has 0 rings (SSSR count). The van der Waals surface area contributed by atoms with E-state index in [4.69, 9.17) is 5.11 Å². The summed E-state index contributed by atoms with van der Waals surface area (Å²) in [5.41, 5.74) is -0.777. The summed E-state index contributed by atoms with van der Waals surface area (Å²) in [5.74, 6) is -0.802. The largest absolute Gasteiger partial charge is 0.481 e. The summed E-state index contributed by atoms with van der Waals surface area (Å²) in [5, 5.41) is 11.7. The van der Waals surface area contributed by atoms with Gasteiger partial charge < -0.3 is 10.4 Å². The molecular formula is C12H23NO3. The fourth-order valence-corrected chi connectivity index (χ4v) is 1.34. The first kappa shape index (κ1) is 14.9. The van der Waals surface area contributed by atoms with Gasteiger partial charge in [0, 0.05) is 12.5 Å². The maximum atomic E-state index is 11.5. The first-order chi connectivity index (χ1) is 7.31. The van der Waals surface area contributed by atoms with Crippen molar-refractivity contribution >= 4 is 11.9 Å². The third kappa shape index (κ3) is 5.14. The van der Waals surface area contributed by atoms with Crippen LogP contribution >= 0.6 is 0 Å². The van der Waals surface area contributed by atoms with E-state index in [0.717, 1.165) is 12.8 Å². The molecule has 0 heterocycles. The van der Waals surface area contributed by atoms with Crippen molar-refractivity contribution < 1.29 is 14.7 Å². The van der Waals surface area contributed by atoms with E-state index in [9.17, 15) is 9.59 Å². The van der Waals surface area contributed by atoms with Crippen LogP contribution in [0.5, 0.6) is 0 Å². The molecule has 0 aromatic heterocycles. The summed E-state index contributed by atoms with van der Waals surface area (Å²) in [6.45, 7) is 7.68. The summed E-state index contributed by atoms with van der Waals surface area (Å²) in [6, 6.07) is 0. The van der Waals surface area contributed by atoms with Crippen LogP contribution in [-0.2, 0) is 9.59 Å². The van der Waals surface area contributed by atoms with Crippen molar-refractivity contribution in [3.05, 3.63) is 0 Å². The van der Waals surface area contributed by atoms with Gasteiger partial charge in [0.15, 0.2) is 0 Å². The highest BCUT2D eigenvalue weighted by Gasteiger charge is 2.26. The van der Waals surface area contributed by atoms with Gasteiger partial charge in [0.2, 0.25) is 5.91 Å². The first-order valence-electron chi connectivity index (χ1n) is 5.82. The molecule has 94 valence electrons. The minimum atomic E-state index is -0.830. The highest BCUT2D eigenvalue weighted by atomic mass is 16.4. The molecule has 2 N–H and O–H groups in total. The number of rotatable bonds is 7. The Hall–Kier alpha value is -1.06. The smallest absolute Gasteiger partial charge is 0.309 e. The van der Waals surface area contributed by atoms with E-state index in [1.807, 2.05) is 13.8 Å². The van der Waals surface area contributed by atoms with Crippen LogP contribution < -0.4 is 5.32 Å². The third-order valence-corrected chi connectivity index (χ3v) is 2.80. The molecule has 0 saturated carbocycles. The van der Waals surface area contributed by atoms with Crippen LogP contribution in [0.4, 0.5) is 0 Å². The second-order valence-corrected chi connectivity index (χ2v) is 4.92. The predicted octanol–water partition coefficient (Wildman–Crippen LogP) is 2.04. The Labute approximate surface area is 97.4 Å². The Bertz CT molecular complexity index is 249. The average Bonchev–Trinajstić information content (AvgIpc) is 2.17. The van der Waals surface area contributed by atoms with Crippen molar-refractivity contribution in [3.63, 3.8) is 0 Å². The van der Waals surface area contributed by atoms with Crippen LogP contribution in [0.1, 0.15) is 47.0 Å². The van der Waals surface area contributed by atoms with Gasteiger partial charge in [0.05, 0.1) is 5.41 Å². The highest BCUT2D eigenvalue weighted by Crippen LogP contribution is 2.19. The van der Waals surface area contributed by atoms with Crippen molar-refractivity contribution in [1.82, 2.24) is 5.32 Å². The van der Waals surface area contributed by atoms with Crippen molar-refractivity contribution in [1.29, 1.82) is 0 Å². The predicted molar refractivity (Wildman–Crippen MR) is 63.1 cm³/mol. The topological polar surface area (TPSA) is 66.4 Å². The van der Waals surface area contributed by atoms with Crippen molar-refractivity contribution in [3.8, 4) is 0 Å². The van der Waals surface area contributed by atoms with Crippen LogP contribution in [0.15, 0.2) is 0 Å². The van der Waals surface area contributed by atoms with Gasteiger partial charge in [0.25, 0.3) is 0 Å². The number of nitrogens with one attached hydrogen (secondary N) is 1. The van der Waals surface area contributed by atoms with Crippen molar-refractivity contribution in [2.75, 3.05) is 6.54 Å². The molecule has 0 aliphatic rings. The molecule has 0 fully saturated rings. The molecular weight excluding hydrogens is 206 g/mol. The van der Waals surface area contributed by atoms with Gasteiger partial charge in [0.1, 0.15) is 0 Å². The molecule has 4 heteroatoms. The summed E-state index contributed by atoms with van der Waals surface area (Å²) in [7, 11) is 0. The van der Waals surface area contributed by atoms with E-state index in [1.165, 1.54) is 0 Å². The minimum absolute atomic E-state index is 0.0120. The number of amides is 1. The third-order valence-electron chi connectivity index (χ3n) is 2.80. The van der Waals surface area contributed by atoms with E-state index in [-0.39, 0.29) is 11.8 Å². The number of carbonyl (C=O) groups excluding carboxylic acids is 1.